The average Bonchev–Trinajstić information content (AvgIpc) is 3.45. The van der Waals surface area contributed by atoms with Crippen molar-refractivity contribution in [2.24, 2.45) is 34.5 Å². The first-order valence-corrected chi connectivity index (χ1v) is 11.5. The smallest absolute Gasteiger partial charge is 0.260 e. The van der Waals surface area contributed by atoms with Crippen molar-refractivity contribution < 1.29 is 4.21 Å². The van der Waals surface area contributed by atoms with Crippen molar-refractivity contribution in [1.29, 1.82) is 0 Å². The zero-order chi connectivity index (χ0) is 17.9. The topological polar surface area (TPSA) is 66.0 Å². The van der Waals surface area contributed by atoms with E-state index in [2.05, 4.69) is 0 Å². The van der Waals surface area contributed by atoms with Crippen LogP contribution in [0.3, 0.4) is 0 Å². The Hall–Kier alpha value is -1.89. The van der Waals surface area contributed by atoms with Gasteiger partial charge in [0.15, 0.2) is 0 Å². The van der Waals surface area contributed by atoms with E-state index in [9.17, 15) is 13.8 Å². The summed E-state index contributed by atoms with van der Waals surface area (Å²) in [5.41, 5.74) is 0.602. The molecule has 6 unspecified atom stereocenters. The highest BCUT2D eigenvalue weighted by Crippen LogP contribution is 3.03. The Labute approximate surface area is 157 Å². The minimum Gasteiger partial charge on any atom is -0.260 e. The SMILES string of the molecule is O=c1n(-c2ccccc2)c(=O)n2n1C1C3C4C3C3C15CCS(=O)CCC35C42. The van der Waals surface area contributed by atoms with E-state index in [-0.39, 0.29) is 34.3 Å². The van der Waals surface area contributed by atoms with E-state index in [0.717, 1.165) is 24.3 Å². The Morgan fingerprint density at radius 1 is 0.852 bits per heavy atom. The Kier molecular flexibility index (Phi) is 2.00. The van der Waals surface area contributed by atoms with Gasteiger partial charge in [-0.1, -0.05) is 18.2 Å². The van der Waals surface area contributed by atoms with Crippen LogP contribution >= 0.6 is 0 Å². The van der Waals surface area contributed by atoms with Crippen LogP contribution in [0.2, 0.25) is 0 Å². The molecule has 6 nitrogen and oxygen atoms in total. The molecule has 3 aliphatic heterocycles. The van der Waals surface area contributed by atoms with Crippen molar-refractivity contribution in [3.05, 3.63) is 51.3 Å². The summed E-state index contributed by atoms with van der Waals surface area (Å²) in [6, 6.07) is 9.62. The molecular weight excluding hydrogens is 362 g/mol. The first-order valence-electron chi connectivity index (χ1n) is 10.0. The molecule has 4 heterocycles. The van der Waals surface area contributed by atoms with Gasteiger partial charge in [-0.05, 0) is 48.6 Å². The Morgan fingerprint density at radius 2 is 1.41 bits per heavy atom. The summed E-state index contributed by atoms with van der Waals surface area (Å²) < 4.78 is 17.4. The van der Waals surface area contributed by atoms with Gasteiger partial charge in [-0.15, -0.1) is 0 Å². The molecule has 138 valence electrons. The third-order valence-electron chi connectivity index (χ3n) is 9.29. The van der Waals surface area contributed by atoms with Crippen molar-refractivity contribution in [1.82, 2.24) is 13.9 Å². The molecule has 9 rings (SSSR count). The first-order chi connectivity index (χ1) is 13.1. The summed E-state index contributed by atoms with van der Waals surface area (Å²) in [6.45, 7) is 0. The lowest BCUT2D eigenvalue weighted by molar-refractivity contribution is -0.00192. The molecule has 7 heteroatoms. The molecule has 2 aromatic rings. The molecular formula is C20H19N3O3S. The standard InChI is InChI=1S/C20H19N3O3S/c24-17-21(10-4-2-1-3-5-10)18(25)23-16-13-11-12(13)15(22(17)23)19-6-8-27(26)9-7-20(16,19)14(11)19/h1-5,11-16H,6-9H2. The molecule has 1 aromatic carbocycles. The van der Waals surface area contributed by atoms with Crippen LogP contribution in [0.25, 0.3) is 5.69 Å². The second-order valence-electron chi connectivity index (χ2n) is 9.45. The summed E-state index contributed by atoms with van der Waals surface area (Å²) in [7, 11) is -0.742. The molecule has 2 bridgehead atoms. The highest BCUT2D eigenvalue weighted by atomic mass is 32.2. The van der Waals surface area contributed by atoms with Crippen molar-refractivity contribution in [2.75, 3.05) is 11.5 Å². The second kappa shape index (κ2) is 3.81. The number of para-hydroxylation sites is 1. The minimum absolute atomic E-state index is 0.146. The third kappa shape index (κ3) is 1.11. The van der Waals surface area contributed by atoms with Crippen molar-refractivity contribution in [2.45, 2.75) is 24.9 Å². The number of benzene rings is 1. The molecule has 2 spiro atoms. The largest absolute Gasteiger partial charge is 0.352 e. The molecule has 6 atom stereocenters. The third-order valence-corrected chi connectivity index (χ3v) is 10.6. The van der Waals surface area contributed by atoms with Gasteiger partial charge in [-0.3, -0.25) is 4.21 Å². The Morgan fingerprint density at radius 3 is 1.96 bits per heavy atom. The maximum atomic E-state index is 13.4. The van der Waals surface area contributed by atoms with Gasteiger partial charge in [-0.2, -0.15) is 0 Å². The van der Waals surface area contributed by atoms with Crippen LogP contribution in [0.1, 0.15) is 24.9 Å². The van der Waals surface area contributed by atoms with E-state index in [4.69, 9.17) is 0 Å². The number of rotatable bonds is 1. The van der Waals surface area contributed by atoms with Crippen molar-refractivity contribution in [3.8, 4) is 5.69 Å². The molecule has 0 radical (unpaired) electrons. The van der Waals surface area contributed by atoms with E-state index >= 15 is 0 Å². The number of hydrogen-bond donors (Lipinski definition) is 0. The predicted molar refractivity (Wildman–Crippen MR) is 98.3 cm³/mol. The van der Waals surface area contributed by atoms with Crippen LogP contribution in [0, 0.1) is 34.5 Å². The first kappa shape index (κ1) is 14.2. The quantitative estimate of drug-likeness (QED) is 0.738. The normalized spacial score (nSPS) is 51.5. The fourth-order valence-electron chi connectivity index (χ4n) is 8.93. The lowest BCUT2D eigenvalue weighted by Gasteiger charge is -2.47. The van der Waals surface area contributed by atoms with E-state index in [1.54, 1.807) is 0 Å². The summed E-state index contributed by atoms with van der Waals surface area (Å²) in [6.07, 6.45) is 1.95. The predicted octanol–water partition coefficient (Wildman–Crippen LogP) is 0.931. The van der Waals surface area contributed by atoms with E-state index in [1.807, 2.05) is 39.7 Å². The molecule has 4 saturated carbocycles. The summed E-state index contributed by atoms with van der Waals surface area (Å²) >= 11 is 0. The lowest BCUT2D eigenvalue weighted by Crippen LogP contribution is -2.52. The van der Waals surface area contributed by atoms with E-state index in [0.29, 0.717) is 29.4 Å². The highest BCUT2D eigenvalue weighted by molar-refractivity contribution is 7.84. The number of aromatic nitrogens is 3. The molecule has 0 N–H and O–H groups in total. The summed E-state index contributed by atoms with van der Waals surface area (Å²) in [4.78, 5) is 26.9. The average molecular weight is 381 g/mol. The second-order valence-corrected chi connectivity index (χ2v) is 11.1. The number of hydrogen-bond acceptors (Lipinski definition) is 3. The van der Waals surface area contributed by atoms with Crippen LogP contribution in [0.15, 0.2) is 39.9 Å². The highest BCUT2D eigenvalue weighted by Gasteiger charge is 3.02. The van der Waals surface area contributed by atoms with Crippen molar-refractivity contribution in [3.63, 3.8) is 0 Å². The monoisotopic (exact) mass is 381 g/mol. The zero-order valence-corrected chi connectivity index (χ0v) is 15.5. The van der Waals surface area contributed by atoms with Gasteiger partial charge in [0.05, 0.1) is 17.8 Å². The van der Waals surface area contributed by atoms with E-state index < -0.39 is 10.8 Å². The van der Waals surface area contributed by atoms with Gasteiger partial charge in [0.25, 0.3) is 0 Å². The van der Waals surface area contributed by atoms with Gasteiger partial charge >= 0.3 is 11.4 Å². The molecule has 7 aliphatic rings. The van der Waals surface area contributed by atoms with Gasteiger partial charge in [-0.25, -0.2) is 23.5 Å². The molecule has 1 aromatic heterocycles. The Bertz CT molecular complexity index is 1140. The maximum Gasteiger partial charge on any atom is 0.352 e. The molecule has 4 aliphatic carbocycles. The van der Waals surface area contributed by atoms with Crippen LogP contribution in [0.4, 0.5) is 0 Å². The van der Waals surface area contributed by atoms with Gasteiger partial charge in [0.2, 0.25) is 0 Å². The zero-order valence-electron chi connectivity index (χ0n) is 14.7. The van der Waals surface area contributed by atoms with Crippen LogP contribution in [-0.2, 0) is 10.8 Å². The lowest BCUT2D eigenvalue weighted by atomic mass is 9.69. The Balaban J connectivity index is 1.43. The van der Waals surface area contributed by atoms with Gasteiger partial charge in [0, 0.05) is 33.1 Å². The maximum absolute atomic E-state index is 13.4. The summed E-state index contributed by atoms with van der Waals surface area (Å²) in [5, 5.41) is 0. The van der Waals surface area contributed by atoms with Gasteiger partial charge < -0.3 is 0 Å². The molecule has 27 heavy (non-hydrogen) atoms. The van der Waals surface area contributed by atoms with Crippen molar-refractivity contribution >= 4 is 10.8 Å². The van der Waals surface area contributed by atoms with Gasteiger partial charge in [0.1, 0.15) is 0 Å². The molecule has 0 amide bonds. The van der Waals surface area contributed by atoms with Crippen LogP contribution < -0.4 is 11.4 Å². The fraction of sp³-hybridized carbons (Fsp3) is 0.600. The molecule has 5 fully saturated rings. The van der Waals surface area contributed by atoms with E-state index in [1.165, 1.54) is 4.57 Å². The molecule has 1 saturated heterocycles. The van der Waals surface area contributed by atoms with Crippen LogP contribution in [0.5, 0.6) is 0 Å². The summed E-state index contributed by atoms with van der Waals surface area (Å²) in [5.74, 6) is 4.08. The van der Waals surface area contributed by atoms with Crippen LogP contribution in [-0.4, -0.2) is 29.6 Å². The fourth-order valence-corrected chi connectivity index (χ4v) is 10.3. The minimum atomic E-state index is -0.742. The number of nitrogens with zero attached hydrogens (tertiary/aromatic N) is 3.